The van der Waals surface area contributed by atoms with E-state index in [0.29, 0.717) is 18.0 Å². The first-order chi connectivity index (χ1) is 14.8. The third kappa shape index (κ3) is 5.79. The van der Waals surface area contributed by atoms with Crippen LogP contribution in [0.25, 0.3) is 0 Å². The van der Waals surface area contributed by atoms with Gasteiger partial charge in [0.1, 0.15) is 12.3 Å². The SMILES string of the molecule is CCOc1ccccc1N(CC(=O)N[C@@H](CC)c1ccc2c(c1)CCCC2)S(C)(=O)=O. The molecule has 0 saturated heterocycles. The van der Waals surface area contributed by atoms with Crippen LogP contribution in [0.3, 0.4) is 0 Å². The van der Waals surface area contributed by atoms with Crippen LogP contribution in [0.1, 0.15) is 55.8 Å². The molecule has 0 saturated carbocycles. The average Bonchev–Trinajstić information content (AvgIpc) is 2.75. The summed E-state index contributed by atoms with van der Waals surface area (Å²) in [6, 6.07) is 13.1. The predicted octanol–water partition coefficient (Wildman–Crippen LogP) is 4.00. The molecule has 6 nitrogen and oxygen atoms in total. The summed E-state index contributed by atoms with van der Waals surface area (Å²) in [7, 11) is -3.68. The van der Waals surface area contributed by atoms with Gasteiger partial charge in [0.2, 0.25) is 15.9 Å². The Bertz CT molecular complexity index is 1020. The molecular formula is C24H32N2O4S. The van der Waals surface area contributed by atoms with E-state index in [0.717, 1.165) is 35.4 Å². The lowest BCUT2D eigenvalue weighted by Crippen LogP contribution is -2.41. The number of rotatable bonds is 9. The van der Waals surface area contributed by atoms with E-state index in [9.17, 15) is 13.2 Å². The quantitative estimate of drug-likeness (QED) is 0.634. The molecule has 0 aromatic heterocycles. The molecule has 1 atom stereocenters. The zero-order valence-corrected chi connectivity index (χ0v) is 19.4. The average molecular weight is 445 g/mol. The number of aryl methyl sites for hydroxylation is 2. The maximum Gasteiger partial charge on any atom is 0.241 e. The Kier molecular flexibility index (Phi) is 7.59. The molecule has 0 heterocycles. The Hall–Kier alpha value is -2.54. The number of anilines is 1. The van der Waals surface area contributed by atoms with Gasteiger partial charge in [0.15, 0.2) is 0 Å². The van der Waals surface area contributed by atoms with Crippen LogP contribution in [-0.2, 0) is 27.7 Å². The summed E-state index contributed by atoms with van der Waals surface area (Å²) in [6.07, 6.45) is 6.43. The van der Waals surface area contributed by atoms with Crippen LogP contribution in [0.15, 0.2) is 42.5 Å². The monoisotopic (exact) mass is 444 g/mol. The summed E-state index contributed by atoms with van der Waals surface area (Å²) in [5, 5.41) is 3.03. The van der Waals surface area contributed by atoms with Gasteiger partial charge in [0.05, 0.1) is 24.6 Å². The minimum absolute atomic E-state index is 0.164. The van der Waals surface area contributed by atoms with Crippen molar-refractivity contribution in [3.05, 3.63) is 59.2 Å². The largest absolute Gasteiger partial charge is 0.492 e. The highest BCUT2D eigenvalue weighted by Gasteiger charge is 2.25. The fourth-order valence-electron chi connectivity index (χ4n) is 4.08. The van der Waals surface area contributed by atoms with Crippen molar-refractivity contribution in [1.82, 2.24) is 5.32 Å². The van der Waals surface area contributed by atoms with E-state index in [1.165, 1.54) is 24.0 Å². The second kappa shape index (κ2) is 10.2. The molecule has 0 radical (unpaired) electrons. The van der Waals surface area contributed by atoms with Crippen LogP contribution in [0.2, 0.25) is 0 Å². The minimum Gasteiger partial charge on any atom is -0.492 e. The first-order valence-electron chi connectivity index (χ1n) is 10.9. The maximum absolute atomic E-state index is 12.9. The molecule has 0 spiro atoms. The highest BCUT2D eigenvalue weighted by atomic mass is 32.2. The van der Waals surface area contributed by atoms with Gasteiger partial charge < -0.3 is 10.1 Å². The third-order valence-electron chi connectivity index (χ3n) is 5.64. The van der Waals surface area contributed by atoms with Gasteiger partial charge in [-0.25, -0.2) is 8.42 Å². The first kappa shape index (κ1) is 23.1. The van der Waals surface area contributed by atoms with Gasteiger partial charge in [-0.15, -0.1) is 0 Å². The molecule has 1 N–H and O–H groups in total. The molecular weight excluding hydrogens is 412 g/mol. The van der Waals surface area contributed by atoms with Crippen molar-refractivity contribution in [2.24, 2.45) is 0 Å². The molecule has 1 aliphatic carbocycles. The fraction of sp³-hybridized carbons (Fsp3) is 0.458. The van der Waals surface area contributed by atoms with Crippen LogP contribution in [0.4, 0.5) is 5.69 Å². The molecule has 0 bridgehead atoms. The summed E-state index contributed by atoms with van der Waals surface area (Å²) in [4.78, 5) is 12.9. The molecule has 2 aromatic carbocycles. The van der Waals surface area contributed by atoms with Crippen molar-refractivity contribution in [2.75, 3.05) is 23.7 Å². The molecule has 7 heteroatoms. The van der Waals surface area contributed by atoms with Crippen LogP contribution in [0.5, 0.6) is 5.75 Å². The van der Waals surface area contributed by atoms with E-state index >= 15 is 0 Å². The number of nitrogens with zero attached hydrogens (tertiary/aromatic N) is 1. The van der Waals surface area contributed by atoms with Crippen molar-refractivity contribution >= 4 is 21.6 Å². The predicted molar refractivity (Wildman–Crippen MR) is 124 cm³/mol. The number of hydrogen-bond acceptors (Lipinski definition) is 4. The normalized spacial score (nSPS) is 14.4. The third-order valence-corrected chi connectivity index (χ3v) is 6.77. The highest BCUT2D eigenvalue weighted by Crippen LogP contribution is 2.30. The molecule has 0 aliphatic heterocycles. The molecule has 3 rings (SSSR count). The Morgan fingerprint density at radius 2 is 1.81 bits per heavy atom. The molecule has 2 aromatic rings. The number of benzene rings is 2. The van der Waals surface area contributed by atoms with Crippen molar-refractivity contribution in [3.63, 3.8) is 0 Å². The number of amides is 1. The topological polar surface area (TPSA) is 75.7 Å². The van der Waals surface area contributed by atoms with Crippen molar-refractivity contribution in [2.45, 2.75) is 52.0 Å². The minimum atomic E-state index is -3.68. The molecule has 0 unspecified atom stereocenters. The lowest BCUT2D eigenvalue weighted by molar-refractivity contribution is -0.120. The van der Waals surface area contributed by atoms with Crippen molar-refractivity contribution in [1.29, 1.82) is 0 Å². The van der Waals surface area contributed by atoms with Gasteiger partial charge in [0, 0.05) is 0 Å². The summed E-state index contributed by atoms with van der Waals surface area (Å²) in [5.74, 6) is 0.0891. The summed E-state index contributed by atoms with van der Waals surface area (Å²) in [5.41, 5.74) is 4.19. The van der Waals surface area contributed by atoms with Crippen molar-refractivity contribution < 1.29 is 17.9 Å². The lowest BCUT2D eigenvalue weighted by atomic mass is 9.89. The number of para-hydroxylation sites is 2. The van der Waals surface area contributed by atoms with Crippen molar-refractivity contribution in [3.8, 4) is 5.75 Å². The lowest BCUT2D eigenvalue weighted by Gasteiger charge is -2.26. The van der Waals surface area contributed by atoms with E-state index in [4.69, 9.17) is 4.74 Å². The first-order valence-corrected chi connectivity index (χ1v) is 12.8. The van der Waals surface area contributed by atoms with Gasteiger partial charge in [0.25, 0.3) is 0 Å². The second-order valence-corrected chi connectivity index (χ2v) is 9.84. The molecule has 0 fully saturated rings. The second-order valence-electron chi connectivity index (χ2n) is 7.93. The van der Waals surface area contributed by atoms with Gasteiger partial charge in [-0.3, -0.25) is 9.10 Å². The Morgan fingerprint density at radius 1 is 1.10 bits per heavy atom. The maximum atomic E-state index is 12.9. The Balaban J connectivity index is 1.79. The van der Waals surface area contributed by atoms with Crippen LogP contribution < -0.4 is 14.4 Å². The smallest absolute Gasteiger partial charge is 0.241 e. The molecule has 31 heavy (non-hydrogen) atoms. The fourth-order valence-corrected chi connectivity index (χ4v) is 4.94. The summed E-state index contributed by atoms with van der Waals surface area (Å²) >= 11 is 0. The van der Waals surface area contributed by atoms with E-state index in [1.807, 2.05) is 13.8 Å². The van der Waals surface area contributed by atoms with E-state index < -0.39 is 10.0 Å². The standard InChI is InChI=1S/C24H32N2O4S/c1-4-21(20-15-14-18-10-6-7-11-19(18)16-20)25-24(27)17-26(31(3,28)29)22-12-8-9-13-23(22)30-5-2/h8-9,12-16,21H,4-7,10-11,17H2,1-3H3,(H,25,27)/t21-/m0/s1. The van der Waals surface area contributed by atoms with Gasteiger partial charge in [-0.1, -0.05) is 37.3 Å². The van der Waals surface area contributed by atoms with E-state index in [1.54, 1.807) is 24.3 Å². The zero-order chi connectivity index (χ0) is 22.4. The van der Waals surface area contributed by atoms with E-state index in [2.05, 4.69) is 23.5 Å². The highest BCUT2D eigenvalue weighted by molar-refractivity contribution is 7.92. The summed E-state index contributed by atoms with van der Waals surface area (Å²) in [6.45, 7) is 3.95. The summed E-state index contributed by atoms with van der Waals surface area (Å²) < 4.78 is 31.7. The number of fused-ring (bicyclic) bond motifs is 1. The van der Waals surface area contributed by atoms with Crippen LogP contribution in [-0.4, -0.2) is 33.7 Å². The van der Waals surface area contributed by atoms with Gasteiger partial charge in [-0.2, -0.15) is 0 Å². The molecule has 1 aliphatic rings. The van der Waals surface area contributed by atoms with Crippen LogP contribution in [0, 0.1) is 0 Å². The number of hydrogen-bond donors (Lipinski definition) is 1. The number of carbonyl (C=O) groups is 1. The molecule has 1 amide bonds. The zero-order valence-electron chi connectivity index (χ0n) is 18.6. The number of nitrogens with one attached hydrogen (secondary N) is 1. The Morgan fingerprint density at radius 3 is 2.48 bits per heavy atom. The van der Waals surface area contributed by atoms with Gasteiger partial charge >= 0.3 is 0 Å². The van der Waals surface area contributed by atoms with E-state index in [-0.39, 0.29) is 18.5 Å². The molecule has 168 valence electrons. The number of sulfonamides is 1. The number of carbonyl (C=O) groups excluding carboxylic acids is 1. The van der Waals surface area contributed by atoms with Crippen LogP contribution >= 0.6 is 0 Å². The van der Waals surface area contributed by atoms with Gasteiger partial charge in [-0.05, 0) is 67.9 Å². The number of ether oxygens (including phenoxy) is 1. The Labute approximate surface area is 185 Å².